The Morgan fingerprint density at radius 2 is 1.83 bits per heavy atom. The number of aryl methyl sites for hydroxylation is 2. The highest BCUT2D eigenvalue weighted by atomic mass is 32.2. The third-order valence-electron chi connectivity index (χ3n) is 5.75. The molecule has 0 saturated heterocycles. The van der Waals surface area contributed by atoms with Crippen molar-refractivity contribution in [2.45, 2.75) is 55.2 Å². The number of hydrogen-bond acceptors (Lipinski definition) is 7. The van der Waals surface area contributed by atoms with Gasteiger partial charge in [0.25, 0.3) is 0 Å². The van der Waals surface area contributed by atoms with Gasteiger partial charge in [0.2, 0.25) is 5.91 Å². The van der Waals surface area contributed by atoms with E-state index in [0.29, 0.717) is 27.9 Å². The van der Waals surface area contributed by atoms with E-state index in [-0.39, 0.29) is 11.2 Å². The third kappa shape index (κ3) is 5.84. The summed E-state index contributed by atoms with van der Waals surface area (Å²) in [5, 5.41) is 22.4. The van der Waals surface area contributed by atoms with E-state index in [0.717, 1.165) is 26.8 Å². The molecule has 0 saturated carbocycles. The average Bonchev–Trinajstić information content (AvgIpc) is 3.41. The summed E-state index contributed by atoms with van der Waals surface area (Å²) in [6.45, 7) is 7.92. The number of aromatic nitrogens is 3. The van der Waals surface area contributed by atoms with Gasteiger partial charge in [-0.2, -0.15) is 5.26 Å². The monoisotopic (exact) mass is 533 g/mol. The van der Waals surface area contributed by atoms with Crippen molar-refractivity contribution in [3.05, 3.63) is 82.0 Å². The maximum Gasteiger partial charge on any atom is 0.238 e. The van der Waals surface area contributed by atoms with Crippen LogP contribution in [0.2, 0.25) is 0 Å². The average molecular weight is 534 g/mol. The molecule has 2 aromatic heterocycles. The molecule has 0 fully saturated rings. The Morgan fingerprint density at radius 1 is 1.11 bits per heavy atom. The van der Waals surface area contributed by atoms with E-state index in [9.17, 15) is 10.1 Å². The predicted octanol–water partition coefficient (Wildman–Crippen LogP) is 6.93. The number of thioether (sulfide) groups is 2. The quantitative estimate of drug-likeness (QED) is 0.235. The topological polar surface area (TPSA) is 83.6 Å². The van der Waals surface area contributed by atoms with Gasteiger partial charge in [0, 0.05) is 15.5 Å². The second kappa shape index (κ2) is 11.8. The first-order valence-electron chi connectivity index (χ1n) is 11.6. The van der Waals surface area contributed by atoms with Crippen LogP contribution in [0.4, 0.5) is 5.00 Å². The van der Waals surface area contributed by atoms with Gasteiger partial charge >= 0.3 is 0 Å². The normalized spacial score (nSPS) is 11.8. The number of rotatable bonds is 9. The van der Waals surface area contributed by atoms with E-state index in [1.807, 2.05) is 55.7 Å². The first kappa shape index (κ1) is 26.0. The van der Waals surface area contributed by atoms with Crippen molar-refractivity contribution < 1.29 is 4.79 Å². The Balaban J connectivity index is 1.58. The van der Waals surface area contributed by atoms with Crippen LogP contribution >= 0.6 is 34.9 Å². The van der Waals surface area contributed by atoms with Gasteiger partial charge in [0.15, 0.2) is 5.16 Å². The molecule has 1 unspecified atom stereocenters. The minimum Gasteiger partial charge on any atom is -0.316 e. The van der Waals surface area contributed by atoms with Gasteiger partial charge in [-0.05, 0) is 57.0 Å². The number of nitriles is 1. The summed E-state index contributed by atoms with van der Waals surface area (Å²) in [5.74, 6) is 1.33. The highest BCUT2D eigenvalue weighted by molar-refractivity contribution is 8.00. The number of benzene rings is 2. The van der Waals surface area contributed by atoms with Gasteiger partial charge in [-0.15, -0.1) is 33.3 Å². The zero-order chi connectivity index (χ0) is 25.7. The zero-order valence-electron chi connectivity index (χ0n) is 20.6. The SMILES string of the molecule is CCC(Sc1nnc(CSc2ccc(C)cc2)n1-c1ccccc1)C(=O)Nc1sc(C)c(C)c1C#N. The molecule has 0 bridgehead atoms. The summed E-state index contributed by atoms with van der Waals surface area (Å²) in [4.78, 5) is 15.4. The van der Waals surface area contributed by atoms with E-state index in [1.54, 1.807) is 11.8 Å². The van der Waals surface area contributed by atoms with Crippen LogP contribution < -0.4 is 5.32 Å². The number of amides is 1. The predicted molar refractivity (Wildman–Crippen MR) is 149 cm³/mol. The maximum absolute atomic E-state index is 13.2. The molecule has 4 rings (SSSR count). The number of anilines is 1. The van der Waals surface area contributed by atoms with Crippen molar-refractivity contribution in [3.8, 4) is 11.8 Å². The lowest BCUT2D eigenvalue weighted by molar-refractivity contribution is -0.115. The van der Waals surface area contributed by atoms with E-state index in [4.69, 9.17) is 0 Å². The fourth-order valence-corrected chi connectivity index (χ4v) is 6.40. The van der Waals surface area contributed by atoms with E-state index in [1.165, 1.54) is 28.7 Å². The summed E-state index contributed by atoms with van der Waals surface area (Å²) in [6, 6.07) is 20.6. The smallest absolute Gasteiger partial charge is 0.238 e. The Labute approximate surface area is 224 Å². The number of thiophene rings is 1. The number of nitrogens with one attached hydrogen (secondary N) is 1. The number of carbonyl (C=O) groups is 1. The Kier molecular flexibility index (Phi) is 8.52. The second-order valence-electron chi connectivity index (χ2n) is 8.27. The summed E-state index contributed by atoms with van der Waals surface area (Å²) in [6.07, 6.45) is 0.608. The summed E-state index contributed by atoms with van der Waals surface area (Å²) < 4.78 is 2.03. The van der Waals surface area contributed by atoms with Crippen LogP contribution in [0.25, 0.3) is 5.69 Å². The molecule has 4 aromatic rings. The highest BCUT2D eigenvalue weighted by Gasteiger charge is 2.25. The van der Waals surface area contributed by atoms with Gasteiger partial charge in [-0.3, -0.25) is 9.36 Å². The van der Waals surface area contributed by atoms with E-state index >= 15 is 0 Å². The number of nitrogens with zero attached hydrogens (tertiary/aromatic N) is 4. The fraction of sp³-hybridized carbons (Fsp3) is 0.259. The highest BCUT2D eigenvalue weighted by Crippen LogP contribution is 2.34. The molecule has 36 heavy (non-hydrogen) atoms. The summed E-state index contributed by atoms with van der Waals surface area (Å²) in [5.41, 5.74) is 3.63. The molecule has 1 amide bonds. The van der Waals surface area contributed by atoms with Crippen LogP contribution in [-0.4, -0.2) is 25.9 Å². The van der Waals surface area contributed by atoms with Gasteiger partial charge in [-0.1, -0.05) is 54.6 Å². The molecule has 2 aromatic carbocycles. The first-order chi connectivity index (χ1) is 17.4. The van der Waals surface area contributed by atoms with Crippen LogP contribution in [0.15, 0.2) is 64.6 Å². The van der Waals surface area contributed by atoms with Crippen LogP contribution in [0.3, 0.4) is 0 Å². The molecule has 0 aliphatic carbocycles. The van der Waals surface area contributed by atoms with Gasteiger partial charge in [0.05, 0.1) is 16.6 Å². The molecule has 1 atom stereocenters. The van der Waals surface area contributed by atoms with Crippen molar-refractivity contribution in [2.75, 3.05) is 5.32 Å². The molecule has 184 valence electrons. The Morgan fingerprint density at radius 3 is 2.50 bits per heavy atom. The maximum atomic E-state index is 13.2. The Bertz CT molecular complexity index is 1390. The minimum absolute atomic E-state index is 0.140. The molecule has 0 radical (unpaired) electrons. The molecule has 6 nitrogen and oxygen atoms in total. The largest absolute Gasteiger partial charge is 0.316 e. The van der Waals surface area contributed by atoms with Crippen molar-refractivity contribution in [3.63, 3.8) is 0 Å². The van der Waals surface area contributed by atoms with Crippen molar-refractivity contribution in [1.82, 2.24) is 14.8 Å². The van der Waals surface area contributed by atoms with Gasteiger partial charge in [-0.25, -0.2) is 0 Å². The lowest BCUT2D eigenvalue weighted by Gasteiger charge is -2.15. The standard InChI is InChI=1S/C27H27N5OS3/c1-5-23(25(33)29-26-22(15-28)18(3)19(4)35-26)36-27-31-30-24(32(27)20-9-7-6-8-10-20)16-34-21-13-11-17(2)12-14-21/h6-14,23H,5,16H2,1-4H3,(H,29,33). The third-order valence-corrected chi connectivity index (χ3v) is 9.19. The van der Waals surface area contributed by atoms with Gasteiger partial charge in [0.1, 0.15) is 16.9 Å². The van der Waals surface area contributed by atoms with Crippen LogP contribution in [0, 0.1) is 32.1 Å². The van der Waals surface area contributed by atoms with E-state index < -0.39 is 0 Å². The molecular weight excluding hydrogens is 507 g/mol. The minimum atomic E-state index is -0.386. The van der Waals surface area contributed by atoms with E-state index in [2.05, 4.69) is 52.8 Å². The molecule has 2 heterocycles. The van der Waals surface area contributed by atoms with Crippen molar-refractivity contribution in [2.24, 2.45) is 0 Å². The van der Waals surface area contributed by atoms with Crippen molar-refractivity contribution in [1.29, 1.82) is 5.26 Å². The van der Waals surface area contributed by atoms with Crippen LogP contribution in [0.1, 0.15) is 40.7 Å². The molecule has 0 aliphatic heterocycles. The number of hydrogen-bond donors (Lipinski definition) is 1. The summed E-state index contributed by atoms with van der Waals surface area (Å²) in [7, 11) is 0. The van der Waals surface area contributed by atoms with Crippen LogP contribution in [0.5, 0.6) is 0 Å². The Hall–Kier alpha value is -3.06. The molecule has 1 N–H and O–H groups in total. The molecular formula is C27H27N5OS3. The fourth-order valence-electron chi connectivity index (χ4n) is 3.58. The first-order valence-corrected chi connectivity index (χ1v) is 14.3. The number of para-hydroxylation sites is 1. The number of carbonyl (C=O) groups excluding carboxylic acids is 1. The lowest BCUT2D eigenvalue weighted by atomic mass is 10.2. The van der Waals surface area contributed by atoms with Gasteiger partial charge < -0.3 is 5.32 Å². The van der Waals surface area contributed by atoms with Crippen LogP contribution in [-0.2, 0) is 10.5 Å². The lowest BCUT2D eigenvalue weighted by Crippen LogP contribution is -2.25. The molecule has 0 spiro atoms. The molecule has 0 aliphatic rings. The molecule has 9 heteroatoms. The summed E-state index contributed by atoms with van der Waals surface area (Å²) >= 11 is 4.54. The zero-order valence-corrected chi connectivity index (χ0v) is 23.1. The second-order valence-corrected chi connectivity index (χ2v) is 11.7. The van der Waals surface area contributed by atoms with Crippen molar-refractivity contribution >= 4 is 45.8 Å².